The van der Waals surface area contributed by atoms with Gasteiger partial charge in [-0.15, -0.1) is 0 Å². The molecule has 2 heterocycles. The van der Waals surface area contributed by atoms with E-state index in [1.54, 1.807) is 0 Å². The monoisotopic (exact) mass is 484 g/mol. The van der Waals surface area contributed by atoms with E-state index >= 15 is 0 Å². The smallest absolute Gasteiger partial charge is 0.261 e. The summed E-state index contributed by atoms with van der Waals surface area (Å²) in [5.41, 5.74) is 0.942. The van der Waals surface area contributed by atoms with Gasteiger partial charge in [0.15, 0.2) is 11.6 Å². The van der Waals surface area contributed by atoms with Crippen LogP contribution in [-0.2, 0) is 17.1 Å². The van der Waals surface area contributed by atoms with Crippen molar-refractivity contribution in [3.63, 3.8) is 0 Å². The van der Waals surface area contributed by atoms with Gasteiger partial charge in [-0.2, -0.15) is 5.26 Å². The second-order valence-electron chi connectivity index (χ2n) is 7.42. The van der Waals surface area contributed by atoms with E-state index in [2.05, 4.69) is 9.71 Å². The summed E-state index contributed by atoms with van der Waals surface area (Å²) in [6, 6.07) is 9.13. The Hall–Kier alpha value is -4.17. The van der Waals surface area contributed by atoms with Gasteiger partial charge in [-0.1, -0.05) is 0 Å². The van der Waals surface area contributed by atoms with Gasteiger partial charge >= 0.3 is 0 Å². The second-order valence-corrected chi connectivity index (χ2v) is 9.43. The number of fused-ring (bicyclic) bond motifs is 1. The Kier molecular flexibility index (Phi) is 5.85. The number of nitrogens with one attached hydrogen (secondary N) is 2. The fourth-order valence-corrected chi connectivity index (χ4v) is 4.10. The number of rotatable bonds is 6. The van der Waals surface area contributed by atoms with Crippen molar-refractivity contribution in [1.29, 1.82) is 5.26 Å². The van der Waals surface area contributed by atoms with Crippen molar-refractivity contribution in [2.24, 2.45) is 7.05 Å². The van der Waals surface area contributed by atoms with E-state index in [-0.39, 0.29) is 33.9 Å². The molecule has 0 aliphatic heterocycles. The molecule has 0 aliphatic carbocycles. The fraction of sp³-hybridized carbons (Fsp3) is 0.130. The number of aromatic nitrogens is 2. The third-order valence-electron chi connectivity index (χ3n) is 5.16. The maximum Gasteiger partial charge on any atom is 0.261 e. The van der Waals surface area contributed by atoms with Gasteiger partial charge in [-0.3, -0.25) is 9.52 Å². The lowest BCUT2D eigenvalue weighted by Gasteiger charge is -2.16. The van der Waals surface area contributed by atoms with E-state index < -0.39 is 27.2 Å². The summed E-state index contributed by atoms with van der Waals surface area (Å²) in [5.74, 6) is -2.01. The summed E-state index contributed by atoms with van der Waals surface area (Å²) < 4.78 is 61.3. The second kappa shape index (κ2) is 8.64. The van der Waals surface area contributed by atoms with E-state index in [1.165, 1.54) is 49.1 Å². The molecule has 0 fully saturated rings. The number of hydrogen-bond acceptors (Lipinski definition) is 5. The topological polar surface area (TPSA) is 117 Å². The number of aromatic amines is 1. The van der Waals surface area contributed by atoms with Gasteiger partial charge in [-0.25, -0.2) is 17.2 Å². The molecule has 0 spiro atoms. The highest BCUT2D eigenvalue weighted by atomic mass is 32.2. The minimum Gasteiger partial charge on any atom is -0.454 e. The summed E-state index contributed by atoms with van der Waals surface area (Å²) >= 11 is 0. The average molecular weight is 484 g/mol. The van der Waals surface area contributed by atoms with Crippen molar-refractivity contribution >= 4 is 26.6 Å². The molecule has 11 heteroatoms. The first-order valence-corrected chi connectivity index (χ1v) is 11.7. The molecular formula is C23H18F2N4O4S. The first-order chi connectivity index (χ1) is 16.1. The van der Waals surface area contributed by atoms with Crippen LogP contribution in [0.1, 0.15) is 12.5 Å². The number of sulfonamides is 1. The Bertz CT molecular complexity index is 1640. The maximum absolute atomic E-state index is 14.3. The number of H-pyrrole nitrogens is 1. The van der Waals surface area contributed by atoms with E-state index in [1.807, 2.05) is 6.07 Å². The number of pyridine rings is 1. The molecule has 0 saturated heterocycles. The summed E-state index contributed by atoms with van der Waals surface area (Å²) in [6.07, 6.45) is 2.88. The van der Waals surface area contributed by atoms with Crippen LogP contribution in [0.3, 0.4) is 0 Å². The zero-order valence-electron chi connectivity index (χ0n) is 18.0. The number of ether oxygens (including phenoxy) is 1. The van der Waals surface area contributed by atoms with E-state index in [9.17, 15) is 27.3 Å². The van der Waals surface area contributed by atoms with Crippen molar-refractivity contribution < 1.29 is 21.9 Å². The Morgan fingerprint density at radius 3 is 2.56 bits per heavy atom. The Balaban J connectivity index is 1.97. The molecule has 174 valence electrons. The van der Waals surface area contributed by atoms with Crippen LogP contribution in [0.5, 0.6) is 11.5 Å². The maximum atomic E-state index is 14.3. The van der Waals surface area contributed by atoms with Gasteiger partial charge in [-0.05, 0) is 37.3 Å². The molecule has 0 unspecified atom stereocenters. The Morgan fingerprint density at radius 1 is 1.15 bits per heavy atom. The Morgan fingerprint density at radius 2 is 1.88 bits per heavy atom. The van der Waals surface area contributed by atoms with Crippen molar-refractivity contribution in [1.82, 2.24) is 9.55 Å². The number of halogens is 2. The molecule has 0 radical (unpaired) electrons. The number of nitriles is 1. The summed E-state index contributed by atoms with van der Waals surface area (Å²) in [5, 5.41) is 9.55. The third-order valence-corrected chi connectivity index (χ3v) is 6.47. The molecule has 4 rings (SSSR count). The normalized spacial score (nSPS) is 11.4. The van der Waals surface area contributed by atoms with E-state index in [0.717, 1.165) is 12.1 Å². The highest BCUT2D eigenvalue weighted by Crippen LogP contribution is 2.39. The molecule has 0 bridgehead atoms. The number of benzene rings is 2. The molecule has 34 heavy (non-hydrogen) atoms. The predicted octanol–water partition coefficient (Wildman–Crippen LogP) is 4.24. The zero-order chi connectivity index (χ0) is 24.6. The molecule has 2 aromatic carbocycles. The first-order valence-electron chi connectivity index (χ1n) is 10.0. The molecule has 0 aliphatic rings. The van der Waals surface area contributed by atoms with Crippen LogP contribution in [0, 0.1) is 23.0 Å². The lowest BCUT2D eigenvalue weighted by atomic mass is 10.0. The van der Waals surface area contributed by atoms with Crippen LogP contribution in [0.25, 0.3) is 22.0 Å². The highest BCUT2D eigenvalue weighted by molar-refractivity contribution is 7.92. The minimum atomic E-state index is -3.61. The van der Waals surface area contributed by atoms with Gasteiger partial charge in [0.2, 0.25) is 10.0 Å². The molecule has 0 amide bonds. The molecule has 2 aromatic heterocycles. The molecule has 4 aromatic rings. The van der Waals surface area contributed by atoms with Crippen LogP contribution in [0.2, 0.25) is 0 Å². The van der Waals surface area contributed by atoms with Crippen molar-refractivity contribution in [3.8, 4) is 28.7 Å². The van der Waals surface area contributed by atoms with E-state index in [4.69, 9.17) is 4.74 Å². The third kappa shape index (κ3) is 4.23. The number of nitrogens with zero attached hydrogens (tertiary/aromatic N) is 2. The number of hydrogen-bond donors (Lipinski definition) is 2. The zero-order valence-corrected chi connectivity index (χ0v) is 18.8. The molecular weight excluding hydrogens is 466 g/mol. The van der Waals surface area contributed by atoms with Crippen LogP contribution in [0.4, 0.5) is 14.5 Å². The Labute approximate surface area is 193 Å². The van der Waals surface area contributed by atoms with E-state index in [0.29, 0.717) is 22.7 Å². The highest BCUT2D eigenvalue weighted by Gasteiger charge is 2.20. The quantitative estimate of drug-likeness (QED) is 0.425. The predicted molar refractivity (Wildman–Crippen MR) is 123 cm³/mol. The first kappa shape index (κ1) is 23.0. The van der Waals surface area contributed by atoms with Crippen molar-refractivity contribution in [2.45, 2.75) is 6.92 Å². The average Bonchev–Trinajstić information content (AvgIpc) is 3.23. The van der Waals surface area contributed by atoms with Crippen molar-refractivity contribution in [2.75, 3.05) is 10.5 Å². The molecule has 0 saturated carbocycles. The van der Waals surface area contributed by atoms with Gasteiger partial charge in [0, 0.05) is 42.3 Å². The van der Waals surface area contributed by atoms with Gasteiger partial charge in [0.1, 0.15) is 17.6 Å². The largest absolute Gasteiger partial charge is 0.454 e. The van der Waals surface area contributed by atoms with Crippen molar-refractivity contribution in [3.05, 3.63) is 76.3 Å². The summed E-state index contributed by atoms with van der Waals surface area (Å²) in [6.45, 7) is 1.48. The van der Waals surface area contributed by atoms with Gasteiger partial charge in [0.25, 0.3) is 5.56 Å². The number of aryl methyl sites for hydroxylation is 1. The van der Waals surface area contributed by atoms with Gasteiger partial charge in [0.05, 0.1) is 22.2 Å². The number of anilines is 1. The lowest BCUT2D eigenvalue weighted by molar-refractivity contribution is 0.439. The molecule has 8 nitrogen and oxygen atoms in total. The summed E-state index contributed by atoms with van der Waals surface area (Å²) in [4.78, 5) is 15.6. The van der Waals surface area contributed by atoms with Crippen LogP contribution < -0.4 is 15.0 Å². The van der Waals surface area contributed by atoms with Crippen LogP contribution >= 0.6 is 0 Å². The van der Waals surface area contributed by atoms with Crippen LogP contribution in [-0.4, -0.2) is 23.7 Å². The lowest BCUT2D eigenvalue weighted by Crippen LogP contribution is -2.17. The summed E-state index contributed by atoms with van der Waals surface area (Å²) in [7, 11) is -2.11. The minimum absolute atomic E-state index is 0.109. The van der Waals surface area contributed by atoms with Gasteiger partial charge < -0.3 is 14.3 Å². The molecule has 2 N–H and O–H groups in total. The van der Waals surface area contributed by atoms with Crippen LogP contribution in [0.15, 0.2) is 53.6 Å². The SMILES string of the molecule is CCS(=O)(=O)Nc1ccc(Oc2ccc(F)cc2F)c(-c2cn(C)c(=O)c3c(C#N)c[nH]c23)c1. The fourth-order valence-electron chi connectivity index (χ4n) is 3.46. The standard InChI is InChI=1S/C23H18F2N4O4S/c1-3-34(31,32)28-15-5-7-19(33-20-6-4-14(24)8-18(20)25)16(9-15)17-12-29(2)23(30)21-13(10-26)11-27-22(17)21/h4-9,11-12,27-28H,3H2,1-2H3. The molecule has 0 atom stereocenters.